The molecule has 0 aliphatic heterocycles. The Morgan fingerprint density at radius 1 is 1.50 bits per heavy atom. The molecule has 0 aliphatic carbocycles. The highest BCUT2D eigenvalue weighted by molar-refractivity contribution is 5.19. The van der Waals surface area contributed by atoms with Crippen molar-refractivity contribution in [3.05, 3.63) is 47.8 Å². The van der Waals surface area contributed by atoms with Gasteiger partial charge in [0.25, 0.3) is 0 Å². The summed E-state index contributed by atoms with van der Waals surface area (Å²) in [6.07, 6.45) is 0.978. The monoisotopic (exact) mass is 221 g/mol. The molecule has 1 atom stereocenters. The number of aliphatic hydroxyl groups is 1. The van der Waals surface area contributed by atoms with E-state index in [4.69, 9.17) is 0 Å². The number of aromatic nitrogens is 3. The molecule has 5 heteroatoms. The summed E-state index contributed by atoms with van der Waals surface area (Å²) in [5.41, 5.74) is 0.544. The Kier molecular flexibility index (Phi) is 2.96. The second-order valence-electron chi connectivity index (χ2n) is 3.57. The van der Waals surface area contributed by atoms with Crippen molar-refractivity contribution in [3.8, 4) is 0 Å². The van der Waals surface area contributed by atoms with Crippen LogP contribution < -0.4 is 0 Å². The minimum atomic E-state index is -0.765. The van der Waals surface area contributed by atoms with Crippen LogP contribution in [-0.2, 0) is 13.5 Å². The molecule has 0 bridgehead atoms. The molecule has 0 aliphatic rings. The molecule has 2 rings (SSSR count). The molecular weight excluding hydrogens is 209 g/mol. The molecule has 2 aromatic rings. The summed E-state index contributed by atoms with van der Waals surface area (Å²) in [7, 11) is 1.75. The Balaban J connectivity index is 2.14. The lowest BCUT2D eigenvalue weighted by atomic mass is 10.1. The van der Waals surface area contributed by atoms with E-state index in [0.29, 0.717) is 17.8 Å². The Hall–Kier alpha value is -1.75. The summed E-state index contributed by atoms with van der Waals surface area (Å²) in [6, 6.07) is 5.92. The topological polar surface area (TPSA) is 50.9 Å². The van der Waals surface area contributed by atoms with Crippen molar-refractivity contribution in [3.63, 3.8) is 0 Å². The summed E-state index contributed by atoms with van der Waals surface area (Å²) in [5, 5.41) is 13.8. The van der Waals surface area contributed by atoms with Crippen LogP contribution in [0.4, 0.5) is 4.39 Å². The maximum absolute atomic E-state index is 12.9. The molecule has 0 saturated heterocycles. The molecule has 16 heavy (non-hydrogen) atoms. The SMILES string of the molecule is Cn1ncnc1CC(O)c1cccc(F)c1. The van der Waals surface area contributed by atoms with Crippen LogP contribution in [0.5, 0.6) is 0 Å². The van der Waals surface area contributed by atoms with E-state index < -0.39 is 6.10 Å². The van der Waals surface area contributed by atoms with Crippen molar-refractivity contribution in [1.29, 1.82) is 0 Å². The molecule has 0 radical (unpaired) electrons. The molecule has 1 aromatic heterocycles. The molecule has 1 N–H and O–H groups in total. The van der Waals surface area contributed by atoms with Gasteiger partial charge in [0, 0.05) is 13.5 Å². The predicted octanol–water partition coefficient (Wildman–Crippen LogP) is 1.23. The molecule has 0 fully saturated rings. The van der Waals surface area contributed by atoms with Crippen LogP contribution in [0.1, 0.15) is 17.5 Å². The number of halogens is 1. The highest BCUT2D eigenvalue weighted by Crippen LogP contribution is 2.17. The van der Waals surface area contributed by atoms with E-state index in [1.54, 1.807) is 23.9 Å². The molecular formula is C11H12FN3O. The van der Waals surface area contributed by atoms with Crippen LogP contribution in [0.25, 0.3) is 0 Å². The minimum absolute atomic E-state index is 0.319. The number of rotatable bonds is 3. The van der Waals surface area contributed by atoms with Gasteiger partial charge in [-0.2, -0.15) is 5.10 Å². The van der Waals surface area contributed by atoms with Gasteiger partial charge in [-0.3, -0.25) is 4.68 Å². The summed E-state index contributed by atoms with van der Waals surface area (Å²) < 4.78 is 14.5. The fraction of sp³-hybridized carbons (Fsp3) is 0.273. The Labute approximate surface area is 92.4 Å². The second-order valence-corrected chi connectivity index (χ2v) is 3.57. The van der Waals surface area contributed by atoms with Crippen LogP contribution in [0.15, 0.2) is 30.6 Å². The molecule has 4 nitrogen and oxygen atoms in total. The van der Waals surface area contributed by atoms with Crippen LogP contribution >= 0.6 is 0 Å². The quantitative estimate of drug-likeness (QED) is 0.848. The zero-order chi connectivity index (χ0) is 11.5. The third kappa shape index (κ3) is 2.25. The lowest BCUT2D eigenvalue weighted by Gasteiger charge is -2.10. The molecule has 84 valence electrons. The number of aryl methyl sites for hydroxylation is 1. The highest BCUT2D eigenvalue weighted by atomic mass is 19.1. The first-order valence-corrected chi connectivity index (χ1v) is 4.93. The van der Waals surface area contributed by atoms with Gasteiger partial charge in [-0.15, -0.1) is 0 Å². The van der Waals surface area contributed by atoms with Gasteiger partial charge < -0.3 is 5.11 Å². The van der Waals surface area contributed by atoms with Crippen molar-refractivity contribution in [2.45, 2.75) is 12.5 Å². The van der Waals surface area contributed by atoms with Crippen molar-refractivity contribution in [1.82, 2.24) is 14.8 Å². The number of benzene rings is 1. The number of nitrogens with zero attached hydrogens (tertiary/aromatic N) is 3. The number of hydrogen-bond donors (Lipinski definition) is 1. The van der Waals surface area contributed by atoms with Gasteiger partial charge in [-0.25, -0.2) is 9.37 Å². The van der Waals surface area contributed by atoms with Crippen molar-refractivity contribution < 1.29 is 9.50 Å². The first-order valence-electron chi connectivity index (χ1n) is 4.93. The Morgan fingerprint density at radius 3 is 2.94 bits per heavy atom. The molecule has 1 unspecified atom stereocenters. The normalized spacial score (nSPS) is 12.7. The third-order valence-electron chi connectivity index (χ3n) is 2.41. The smallest absolute Gasteiger partial charge is 0.138 e. The zero-order valence-electron chi connectivity index (χ0n) is 8.84. The maximum Gasteiger partial charge on any atom is 0.138 e. The average molecular weight is 221 g/mol. The lowest BCUT2D eigenvalue weighted by molar-refractivity contribution is 0.174. The van der Waals surface area contributed by atoms with Gasteiger partial charge in [0.15, 0.2) is 0 Å². The Bertz CT molecular complexity index is 484. The van der Waals surface area contributed by atoms with Gasteiger partial charge in [0.2, 0.25) is 0 Å². The van der Waals surface area contributed by atoms with Crippen molar-refractivity contribution in [2.75, 3.05) is 0 Å². The molecule has 0 amide bonds. The summed E-state index contributed by atoms with van der Waals surface area (Å²) >= 11 is 0. The lowest BCUT2D eigenvalue weighted by Crippen LogP contribution is -2.07. The second kappa shape index (κ2) is 4.40. The third-order valence-corrected chi connectivity index (χ3v) is 2.41. The Morgan fingerprint density at radius 2 is 2.31 bits per heavy atom. The molecule has 1 aromatic carbocycles. The van der Waals surface area contributed by atoms with Gasteiger partial charge in [-0.1, -0.05) is 12.1 Å². The largest absolute Gasteiger partial charge is 0.388 e. The fourth-order valence-electron chi connectivity index (χ4n) is 1.51. The molecule has 1 heterocycles. The summed E-state index contributed by atoms with van der Waals surface area (Å²) in [6.45, 7) is 0. The van der Waals surface area contributed by atoms with E-state index in [0.717, 1.165) is 0 Å². The van der Waals surface area contributed by atoms with E-state index >= 15 is 0 Å². The first kappa shape index (κ1) is 10.8. The zero-order valence-corrected chi connectivity index (χ0v) is 8.84. The van der Waals surface area contributed by atoms with Gasteiger partial charge >= 0.3 is 0 Å². The molecule has 0 spiro atoms. The van der Waals surface area contributed by atoms with Gasteiger partial charge in [0.05, 0.1) is 6.10 Å². The van der Waals surface area contributed by atoms with Crippen molar-refractivity contribution in [2.24, 2.45) is 7.05 Å². The van der Waals surface area contributed by atoms with Crippen LogP contribution in [-0.4, -0.2) is 19.9 Å². The highest BCUT2D eigenvalue weighted by Gasteiger charge is 2.12. The fourth-order valence-corrected chi connectivity index (χ4v) is 1.51. The van der Waals surface area contributed by atoms with Gasteiger partial charge in [0.1, 0.15) is 18.0 Å². The number of aliphatic hydroxyl groups excluding tert-OH is 1. The van der Waals surface area contributed by atoms with Gasteiger partial charge in [-0.05, 0) is 17.7 Å². The molecule has 0 saturated carbocycles. The number of hydrogen-bond acceptors (Lipinski definition) is 3. The first-order chi connectivity index (χ1) is 7.66. The van der Waals surface area contributed by atoms with E-state index in [1.807, 2.05) is 0 Å². The summed E-state index contributed by atoms with van der Waals surface area (Å²) in [5.74, 6) is 0.311. The van der Waals surface area contributed by atoms with Crippen molar-refractivity contribution >= 4 is 0 Å². The van der Waals surface area contributed by atoms with Crippen LogP contribution in [0.2, 0.25) is 0 Å². The minimum Gasteiger partial charge on any atom is -0.388 e. The van der Waals surface area contributed by atoms with E-state index in [2.05, 4.69) is 10.1 Å². The standard InChI is InChI=1S/C11H12FN3O/c1-15-11(13-7-14-15)6-10(16)8-3-2-4-9(12)5-8/h2-5,7,10,16H,6H2,1H3. The van der Waals surface area contributed by atoms with E-state index in [1.165, 1.54) is 18.5 Å². The van der Waals surface area contributed by atoms with Crippen LogP contribution in [0.3, 0.4) is 0 Å². The van der Waals surface area contributed by atoms with E-state index in [9.17, 15) is 9.50 Å². The average Bonchev–Trinajstić information content (AvgIpc) is 2.64. The van der Waals surface area contributed by atoms with E-state index in [-0.39, 0.29) is 5.82 Å². The summed E-state index contributed by atoms with van der Waals surface area (Å²) in [4.78, 5) is 4.00. The maximum atomic E-state index is 12.9. The predicted molar refractivity (Wildman–Crippen MR) is 56.1 cm³/mol. The van der Waals surface area contributed by atoms with Crippen LogP contribution in [0, 0.1) is 5.82 Å².